The molecule has 0 bridgehead atoms. The van der Waals surface area contributed by atoms with Gasteiger partial charge in [0.2, 0.25) is 0 Å². The lowest BCUT2D eigenvalue weighted by atomic mass is 10.1. The van der Waals surface area contributed by atoms with Crippen molar-refractivity contribution in [1.82, 2.24) is 0 Å². The summed E-state index contributed by atoms with van der Waals surface area (Å²) in [5.41, 5.74) is 1.12. The second-order valence-corrected chi connectivity index (χ2v) is 2.80. The fraction of sp³-hybridized carbons (Fsp3) is 0.300. The Morgan fingerprint density at radius 1 is 1.45 bits per heavy atom. The van der Waals surface area contributed by atoms with E-state index in [1.807, 2.05) is 36.4 Å². The summed E-state index contributed by atoms with van der Waals surface area (Å²) >= 11 is 0. The molecule has 1 aliphatic carbocycles. The molecule has 1 saturated carbocycles. The molecule has 0 radical (unpaired) electrons. The van der Waals surface area contributed by atoms with Gasteiger partial charge in [-0.25, -0.2) is 0 Å². The summed E-state index contributed by atoms with van der Waals surface area (Å²) in [7, 11) is 0. The van der Waals surface area contributed by atoms with Crippen molar-refractivity contribution in [3.05, 3.63) is 35.9 Å². The average Bonchev–Trinajstić information content (AvgIpc) is 2.81. The van der Waals surface area contributed by atoms with E-state index < -0.39 is 5.89 Å². The largest absolute Gasteiger partial charge is 0.198 e. The zero-order valence-corrected chi connectivity index (χ0v) is 6.12. The predicted octanol–water partition coefficient (Wildman–Crippen LogP) is 2.31. The van der Waals surface area contributed by atoms with Gasteiger partial charge in [-0.15, -0.1) is 0 Å². The molecule has 1 aromatic rings. The molecule has 2 atom stereocenters. The lowest BCUT2D eigenvalue weighted by Crippen LogP contribution is -1.78. The van der Waals surface area contributed by atoms with Crippen molar-refractivity contribution in [2.24, 2.45) is 5.89 Å². The van der Waals surface area contributed by atoms with Gasteiger partial charge < -0.3 is 0 Å². The lowest BCUT2D eigenvalue weighted by Gasteiger charge is -1.93. The monoisotopic (exact) mass is 144 g/mol. The molecule has 1 aromatic carbocycles. The molecular formula is C10H9N. The Morgan fingerprint density at radius 2 is 2.18 bits per heavy atom. The summed E-state index contributed by atoms with van der Waals surface area (Å²) in [6.07, 6.45) is 0.688. The van der Waals surface area contributed by atoms with Crippen molar-refractivity contribution < 1.29 is 1.37 Å². The van der Waals surface area contributed by atoms with E-state index in [0.29, 0.717) is 6.42 Å². The Bertz CT molecular complexity index is 327. The van der Waals surface area contributed by atoms with E-state index in [-0.39, 0.29) is 5.92 Å². The standard InChI is InChI=1S/C10H9N/c11-7-9-6-10(9)8-4-2-1-3-5-8/h1-5,9-10H,6H2/t9-,10+/m1/s1/i9D. The number of hydrogen-bond acceptors (Lipinski definition) is 1. The maximum Gasteiger partial charge on any atom is 0.0662 e. The summed E-state index contributed by atoms with van der Waals surface area (Å²) < 4.78 is 7.63. The first-order chi connectivity index (χ1) is 5.76. The first-order valence-electron chi connectivity index (χ1n) is 4.22. The lowest BCUT2D eigenvalue weighted by molar-refractivity contribution is 1.02. The molecule has 0 aromatic heterocycles. The molecule has 0 heterocycles. The van der Waals surface area contributed by atoms with E-state index in [9.17, 15) is 0 Å². The van der Waals surface area contributed by atoms with E-state index >= 15 is 0 Å². The third-order valence-electron chi connectivity index (χ3n) is 2.03. The van der Waals surface area contributed by atoms with Crippen molar-refractivity contribution in [3.8, 4) is 6.07 Å². The number of nitrogens with zero attached hydrogens (tertiary/aromatic N) is 1. The maximum absolute atomic E-state index is 8.66. The van der Waals surface area contributed by atoms with E-state index in [2.05, 4.69) is 0 Å². The molecule has 0 saturated heterocycles. The van der Waals surface area contributed by atoms with Crippen LogP contribution in [0.3, 0.4) is 0 Å². The highest BCUT2D eigenvalue weighted by molar-refractivity contribution is 5.28. The zero-order valence-electron chi connectivity index (χ0n) is 7.12. The normalized spacial score (nSPS) is 35.5. The molecule has 0 aliphatic heterocycles. The van der Waals surface area contributed by atoms with Crippen molar-refractivity contribution in [1.29, 1.82) is 5.26 Å². The molecular weight excluding hydrogens is 134 g/mol. The third-order valence-corrected chi connectivity index (χ3v) is 2.03. The summed E-state index contributed by atoms with van der Waals surface area (Å²) in [6, 6.07) is 11.8. The maximum atomic E-state index is 8.66. The van der Waals surface area contributed by atoms with Gasteiger partial charge in [0.05, 0.1) is 12.0 Å². The SMILES string of the molecule is [2H][C@]1(C#N)C[C@H]1c1ccccc1. The Kier molecular flexibility index (Phi) is 1.17. The molecule has 1 heteroatoms. The predicted molar refractivity (Wildman–Crippen MR) is 42.9 cm³/mol. The van der Waals surface area contributed by atoms with Crippen molar-refractivity contribution in [3.63, 3.8) is 0 Å². The highest BCUT2D eigenvalue weighted by atomic mass is 14.4. The van der Waals surface area contributed by atoms with Gasteiger partial charge in [-0.05, 0) is 12.0 Å². The highest BCUT2D eigenvalue weighted by Gasteiger charge is 2.38. The van der Waals surface area contributed by atoms with Crippen LogP contribution in [0.5, 0.6) is 0 Å². The van der Waals surface area contributed by atoms with Crippen LogP contribution in [0.2, 0.25) is 0 Å². The topological polar surface area (TPSA) is 23.8 Å². The van der Waals surface area contributed by atoms with Crippen molar-refractivity contribution >= 4 is 0 Å². The Hall–Kier alpha value is -1.29. The fourth-order valence-corrected chi connectivity index (χ4v) is 1.29. The van der Waals surface area contributed by atoms with Crippen molar-refractivity contribution in [2.45, 2.75) is 12.3 Å². The van der Waals surface area contributed by atoms with Gasteiger partial charge in [-0.1, -0.05) is 30.3 Å². The van der Waals surface area contributed by atoms with Gasteiger partial charge in [-0.2, -0.15) is 5.26 Å². The van der Waals surface area contributed by atoms with Gasteiger partial charge >= 0.3 is 0 Å². The minimum atomic E-state index is -0.832. The Labute approximate surface area is 67.7 Å². The minimum Gasteiger partial charge on any atom is -0.198 e. The van der Waals surface area contributed by atoms with E-state index in [4.69, 9.17) is 6.63 Å². The van der Waals surface area contributed by atoms with Crippen LogP contribution in [0.15, 0.2) is 30.3 Å². The van der Waals surface area contributed by atoms with Crippen LogP contribution in [-0.4, -0.2) is 0 Å². The van der Waals surface area contributed by atoms with Gasteiger partial charge in [0, 0.05) is 7.29 Å². The van der Waals surface area contributed by atoms with Crippen LogP contribution in [0, 0.1) is 17.2 Å². The molecule has 0 unspecified atom stereocenters. The minimum absolute atomic E-state index is 0.142. The second kappa shape index (κ2) is 2.39. The highest BCUT2D eigenvalue weighted by Crippen LogP contribution is 2.46. The quantitative estimate of drug-likeness (QED) is 0.593. The first-order valence-corrected chi connectivity index (χ1v) is 3.72. The van der Waals surface area contributed by atoms with Gasteiger partial charge in [0.1, 0.15) is 0 Å². The van der Waals surface area contributed by atoms with Gasteiger partial charge in [0.25, 0.3) is 0 Å². The van der Waals surface area contributed by atoms with Crippen LogP contribution < -0.4 is 0 Å². The number of rotatable bonds is 1. The fourth-order valence-electron chi connectivity index (χ4n) is 1.29. The Morgan fingerprint density at radius 3 is 2.73 bits per heavy atom. The first kappa shape index (κ1) is 5.37. The molecule has 0 N–H and O–H groups in total. The molecule has 0 spiro atoms. The van der Waals surface area contributed by atoms with Crippen LogP contribution in [0.1, 0.15) is 19.3 Å². The number of benzene rings is 1. The van der Waals surface area contributed by atoms with Crippen LogP contribution in [0.25, 0.3) is 0 Å². The summed E-state index contributed by atoms with van der Waals surface area (Å²) in [6.45, 7) is 0. The molecule has 1 aliphatic rings. The van der Waals surface area contributed by atoms with E-state index in [1.165, 1.54) is 0 Å². The molecule has 0 amide bonds. The van der Waals surface area contributed by atoms with Crippen LogP contribution >= 0.6 is 0 Å². The summed E-state index contributed by atoms with van der Waals surface area (Å²) in [4.78, 5) is 0. The van der Waals surface area contributed by atoms with E-state index in [0.717, 1.165) is 5.56 Å². The van der Waals surface area contributed by atoms with Gasteiger partial charge in [-0.3, -0.25) is 0 Å². The second-order valence-electron chi connectivity index (χ2n) is 2.80. The average molecular weight is 144 g/mol. The number of nitriles is 1. The molecule has 54 valence electrons. The van der Waals surface area contributed by atoms with Crippen molar-refractivity contribution in [2.75, 3.05) is 0 Å². The summed E-state index contributed by atoms with van der Waals surface area (Å²) in [5, 5.41) is 8.66. The Balaban J connectivity index is 2.23. The molecule has 1 fully saturated rings. The molecule has 11 heavy (non-hydrogen) atoms. The van der Waals surface area contributed by atoms with Gasteiger partial charge in [0.15, 0.2) is 0 Å². The summed E-state index contributed by atoms with van der Waals surface area (Å²) in [5.74, 6) is -0.690. The molecule has 1 nitrogen and oxygen atoms in total. The number of hydrogen-bond donors (Lipinski definition) is 0. The van der Waals surface area contributed by atoms with Crippen LogP contribution in [-0.2, 0) is 0 Å². The van der Waals surface area contributed by atoms with E-state index in [1.54, 1.807) is 0 Å². The third kappa shape index (κ3) is 1.12. The van der Waals surface area contributed by atoms with Crippen LogP contribution in [0.4, 0.5) is 0 Å². The smallest absolute Gasteiger partial charge is 0.0662 e. The molecule has 2 rings (SSSR count). The zero-order chi connectivity index (χ0) is 8.60.